The van der Waals surface area contributed by atoms with Crippen molar-refractivity contribution in [1.82, 2.24) is 25.3 Å². The lowest BCUT2D eigenvalue weighted by Crippen LogP contribution is -2.55. The Bertz CT molecular complexity index is 1970. The lowest BCUT2D eigenvalue weighted by molar-refractivity contribution is -0.137. The molecule has 6 rings (SSSR count). The summed E-state index contributed by atoms with van der Waals surface area (Å²) in [6.07, 6.45) is -3.74. The van der Waals surface area contributed by atoms with Crippen molar-refractivity contribution in [3.63, 3.8) is 0 Å². The van der Waals surface area contributed by atoms with Crippen molar-refractivity contribution in [2.45, 2.75) is 31.5 Å². The fraction of sp³-hybridized carbons (Fsp3) is 0.250. The van der Waals surface area contributed by atoms with Crippen molar-refractivity contribution < 1.29 is 36.7 Å². The van der Waals surface area contributed by atoms with Crippen molar-refractivity contribution >= 4 is 29.4 Å². The number of hydrogen-bond acceptors (Lipinski definition) is 6. The highest BCUT2D eigenvalue weighted by atomic mass is 19.4. The van der Waals surface area contributed by atoms with E-state index in [0.717, 1.165) is 43.8 Å². The third kappa shape index (κ3) is 6.66. The van der Waals surface area contributed by atoms with E-state index in [-0.39, 0.29) is 41.3 Å². The molecule has 0 spiro atoms. The molecule has 1 saturated heterocycles. The molecule has 0 bridgehead atoms. The molecule has 1 fully saturated rings. The molecule has 4 amide bonds. The van der Waals surface area contributed by atoms with Crippen LogP contribution in [-0.2, 0) is 15.8 Å². The minimum Gasteiger partial charge on any atom is -0.339 e. The number of rotatable bonds is 9. The van der Waals surface area contributed by atoms with Gasteiger partial charge in [0.1, 0.15) is 17.7 Å². The summed E-state index contributed by atoms with van der Waals surface area (Å²) in [4.78, 5) is 58.4. The fourth-order valence-electron chi connectivity index (χ4n) is 6.14. The maximum Gasteiger partial charge on any atom is 0.416 e. The molecule has 50 heavy (non-hydrogen) atoms. The van der Waals surface area contributed by atoms with Crippen LogP contribution in [0.1, 0.15) is 56.8 Å². The summed E-state index contributed by atoms with van der Waals surface area (Å²) in [5.41, 5.74) is -0.628. The van der Waals surface area contributed by atoms with E-state index in [4.69, 9.17) is 0 Å². The molecular weight excluding hydrogens is 656 g/mol. The molecule has 4 aromatic rings. The third-order valence-electron chi connectivity index (χ3n) is 8.74. The normalized spacial score (nSPS) is 17.5. The van der Waals surface area contributed by atoms with Gasteiger partial charge in [-0.3, -0.25) is 34.3 Å². The number of amides is 4. The Balaban J connectivity index is 1.49. The number of halogens is 4. The fourth-order valence-corrected chi connectivity index (χ4v) is 6.14. The van der Waals surface area contributed by atoms with Crippen LogP contribution in [0, 0.1) is 5.82 Å². The summed E-state index contributed by atoms with van der Waals surface area (Å²) in [5, 5.41) is 9.55. The molecule has 2 aliphatic heterocycles. The zero-order chi connectivity index (χ0) is 35.7. The van der Waals surface area contributed by atoms with Crippen LogP contribution in [0.15, 0.2) is 91.0 Å². The van der Waals surface area contributed by atoms with Gasteiger partial charge in [-0.1, -0.05) is 43.0 Å². The SMILES string of the molecule is C=C(CN1CCC1)C(=O)NC(=O)c1nn(-c2ccccc2)c2c1[C@@H](c1ccc(F)cc1)[C@H](NC(=O)c1cccc(C(F)(F)F)c1)C(=O)N2CC. The van der Waals surface area contributed by atoms with E-state index < -0.39 is 53.1 Å². The second-order valence-corrected chi connectivity index (χ2v) is 12.0. The average molecular weight is 689 g/mol. The molecule has 2 N–H and O–H groups in total. The molecule has 0 aliphatic carbocycles. The number of carbonyl (C=O) groups is 4. The van der Waals surface area contributed by atoms with E-state index in [2.05, 4.69) is 22.3 Å². The van der Waals surface area contributed by atoms with E-state index in [9.17, 15) is 36.7 Å². The van der Waals surface area contributed by atoms with Crippen LogP contribution in [0.4, 0.5) is 23.4 Å². The first kappa shape index (κ1) is 34.2. The number of imide groups is 1. The van der Waals surface area contributed by atoms with Gasteiger partial charge in [-0.05, 0) is 74.5 Å². The van der Waals surface area contributed by atoms with Crippen LogP contribution in [0.3, 0.4) is 0 Å². The Kier molecular flexibility index (Phi) is 9.39. The van der Waals surface area contributed by atoms with Gasteiger partial charge >= 0.3 is 6.18 Å². The van der Waals surface area contributed by atoms with E-state index in [1.165, 1.54) is 27.8 Å². The number of benzene rings is 3. The highest BCUT2D eigenvalue weighted by Gasteiger charge is 2.47. The summed E-state index contributed by atoms with van der Waals surface area (Å²) in [6, 6.07) is 15.9. The van der Waals surface area contributed by atoms with Crippen LogP contribution in [0.25, 0.3) is 5.69 Å². The molecule has 258 valence electrons. The molecule has 14 heteroatoms. The Morgan fingerprint density at radius 2 is 1.66 bits per heavy atom. The van der Waals surface area contributed by atoms with E-state index in [1.54, 1.807) is 37.3 Å². The number of likely N-dealkylation sites (tertiary alicyclic amines) is 1. The molecule has 2 atom stereocenters. The Hall–Kier alpha value is -5.63. The molecular formula is C36H32F4N6O4. The van der Waals surface area contributed by atoms with Gasteiger partial charge in [-0.2, -0.15) is 18.3 Å². The zero-order valence-electron chi connectivity index (χ0n) is 26.8. The first-order valence-corrected chi connectivity index (χ1v) is 15.9. The highest BCUT2D eigenvalue weighted by Crippen LogP contribution is 2.44. The number of alkyl halides is 3. The number of aromatic nitrogens is 2. The number of para-hydroxylation sites is 1. The monoisotopic (exact) mass is 688 g/mol. The lowest BCUT2D eigenvalue weighted by Gasteiger charge is -2.38. The van der Waals surface area contributed by atoms with Crippen LogP contribution < -0.4 is 15.5 Å². The van der Waals surface area contributed by atoms with Crippen molar-refractivity contribution in [1.29, 1.82) is 0 Å². The topological polar surface area (TPSA) is 117 Å². The number of likely N-dealkylation sites (N-methyl/N-ethyl adjacent to an activating group) is 1. The van der Waals surface area contributed by atoms with Crippen molar-refractivity contribution in [2.24, 2.45) is 0 Å². The summed E-state index contributed by atoms with van der Waals surface area (Å²) in [5.74, 6) is -4.91. The standard InChI is InChI=1S/C36H32F4N6O4/c1-3-45-34-28(29(43-46(34)26-11-5-4-6-12-26)33(49)42-31(47)21(2)20-44-17-8-18-44)27(22-13-15-25(37)16-14-22)30(35(45)50)41-32(48)23-9-7-10-24(19-23)36(38,39)40/h4-7,9-16,19,27,30H,2-3,8,17-18,20H2,1H3,(H,41,48)(H,42,47,49)/t27-,30+/m1/s1. The van der Waals surface area contributed by atoms with Gasteiger partial charge < -0.3 is 5.32 Å². The van der Waals surface area contributed by atoms with Gasteiger partial charge in [0.25, 0.3) is 23.6 Å². The molecule has 10 nitrogen and oxygen atoms in total. The predicted octanol–water partition coefficient (Wildman–Crippen LogP) is 4.85. The molecule has 3 heterocycles. The Labute approximate surface area is 284 Å². The van der Waals surface area contributed by atoms with E-state index in [0.29, 0.717) is 17.3 Å². The number of nitrogens with one attached hydrogen (secondary N) is 2. The molecule has 3 aromatic carbocycles. The van der Waals surface area contributed by atoms with Crippen LogP contribution >= 0.6 is 0 Å². The maximum atomic E-state index is 14.4. The second-order valence-electron chi connectivity index (χ2n) is 12.0. The molecule has 0 unspecified atom stereocenters. The van der Waals surface area contributed by atoms with E-state index in [1.807, 2.05) is 4.90 Å². The third-order valence-corrected chi connectivity index (χ3v) is 8.74. The molecule has 2 aliphatic rings. The van der Waals surface area contributed by atoms with Gasteiger partial charge in [0, 0.05) is 35.7 Å². The van der Waals surface area contributed by atoms with E-state index >= 15 is 0 Å². The number of nitrogens with zero attached hydrogens (tertiary/aromatic N) is 4. The van der Waals surface area contributed by atoms with Gasteiger partial charge in [0.05, 0.1) is 11.3 Å². The molecule has 0 saturated carbocycles. The summed E-state index contributed by atoms with van der Waals surface area (Å²) >= 11 is 0. The second kappa shape index (κ2) is 13.7. The van der Waals surface area contributed by atoms with Gasteiger partial charge in [0.15, 0.2) is 5.69 Å². The quantitative estimate of drug-likeness (QED) is 0.192. The summed E-state index contributed by atoms with van der Waals surface area (Å²) in [7, 11) is 0. The van der Waals surface area contributed by atoms with Gasteiger partial charge in [-0.15, -0.1) is 0 Å². The number of hydrogen-bond donors (Lipinski definition) is 2. The van der Waals surface area contributed by atoms with Crippen molar-refractivity contribution in [3.8, 4) is 5.69 Å². The number of fused-ring (bicyclic) bond motifs is 1. The first-order chi connectivity index (χ1) is 23.9. The highest BCUT2D eigenvalue weighted by molar-refractivity contribution is 6.12. The van der Waals surface area contributed by atoms with Crippen molar-refractivity contribution in [3.05, 3.63) is 125 Å². The van der Waals surface area contributed by atoms with Crippen molar-refractivity contribution in [2.75, 3.05) is 31.1 Å². The number of anilines is 1. The first-order valence-electron chi connectivity index (χ1n) is 15.9. The molecule has 0 radical (unpaired) electrons. The minimum absolute atomic E-state index is 0.0308. The zero-order valence-corrected chi connectivity index (χ0v) is 26.8. The molecule has 1 aromatic heterocycles. The largest absolute Gasteiger partial charge is 0.416 e. The lowest BCUT2D eigenvalue weighted by atomic mass is 9.80. The van der Waals surface area contributed by atoms with Gasteiger partial charge in [0.2, 0.25) is 0 Å². The predicted molar refractivity (Wildman–Crippen MR) is 175 cm³/mol. The smallest absolute Gasteiger partial charge is 0.339 e. The average Bonchev–Trinajstić information content (AvgIpc) is 3.47. The van der Waals surface area contributed by atoms with Crippen LogP contribution in [-0.4, -0.2) is 70.5 Å². The Morgan fingerprint density at radius 3 is 2.28 bits per heavy atom. The summed E-state index contributed by atoms with van der Waals surface area (Å²) in [6.45, 7) is 7.37. The number of carbonyl (C=O) groups excluding carboxylic acids is 4. The Morgan fingerprint density at radius 1 is 0.960 bits per heavy atom. The van der Waals surface area contributed by atoms with Crippen LogP contribution in [0.5, 0.6) is 0 Å². The minimum atomic E-state index is -4.73. The summed E-state index contributed by atoms with van der Waals surface area (Å²) < 4.78 is 56.1. The van der Waals surface area contributed by atoms with Gasteiger partial charge in [-0.25, -0.2) is 9.07 Å². The van der Waals surface area contributed by atoms with Crippen LogP contribution in [0.2, 0.25) is 0 Å². The maximum absolute atomic E-state index is 14.4.